The number of para-hydroxylation sites is 1. The van der Waals surface area contributed by atoms with Gasteiger partial charge in [-0.25, -0.2) is 0 Å². The number of ether oxygens (including phenoxy) is 1. The summed E-state index contributed by atoms with van der Waals surface area (Å²) in [5.74, 6) is 0.994. The third kappa shape index (κ3) is 4.20. The summed E-state index contributed by atoms with van der Waals surface area (Å²) in [5, 5.41) is 0. The van der Waals surface area contributed by atoms with Crippen LogP contribution in [0.4, 0.5) is 0 Å². The van der Waals surface area contributed by atoms with Gasteiger partial charge in [0.15, 0.2) is 0 Å². The van der Waals surface area contributed by atoms with E-state index in [1.165, 1.54) is 5.56 Å². The monoisotopic (exact) mass is 263 g/mol. The van der Waals surface area contributed by atoms with E-state index in [2.05, 4.69) is 21.9 Å². The van der Waals surface area contributed by atoms with Gasteiger partial charge in [-0.1, -0.05) is 18.2 Å². The molecule has 1 aliphatic heterocycles. The largest absolute Gasteiger partial charge is 0.496 e. The summed E-state index contributed by atoms with van der Waals surface area (Å²) in [6, 6.07) is 8.29. The zero-order chi connectivity index (χ0) is 13.5. The van der Waals surface area contributed by atoms with Gasteiger partial charge in [-0.3, -0.25) is 4.90 Å². The minimum Gasteiger partial charge on any atom is -0.496 e. The standard InChI is InChI=1S/C15H25N3O/c1-19-15-6-3-2-5-14(15)13-18-11-9-17(10-12-18)8-4-7-16/h2-3,5-6H,4,7-13,16H2,1H3. The molecular formula is C15H25N3O. The summed E-state index contributed by atoms with van der Waals surface area (Å²) >= 11 is 0. The van der Waals surface area contributed by atoms with Crippen molar-refractivity contribution in [1.29, 1.82) is 0 Å². The smallest absolute Gasteiger partial charge is 0.123 e. The Kier molecular flexibility index (Phi) is 5.63. The summed E-state index contributed by atoms with van der Waals surface area (Å²) in [4.78, 5) is 5.00. The molecule has 1 aliphatic rings. The average Bonchev–Trinajstić information content (AvgIpc) is 2.47. The van der Waals surface area contributed by atoms with Gasteiger partial charge in [-0.2, -0.15) is 0 Å². The Morgan fingerprint density at radius 3 is 2.47 bits per heavy atom. The van der Waals surface area contributed by atoms with Crippen LogP contribution in [0.2, 0.25) is 0 Å². The van der Waals surface area contributed by atoms with Gasteiger partial charge in [-0.05, 0) is 25.6 Å². The maximum absolute atomic E-state index is 5.56. The van der Waals surface area contributed by atoms with Gasteiger partial charge in [0.1, 0.15) is 5.75 Å². The van der Waals surface area contributed by atoms with Gasteiger partial charge in [0.25, 0.3) is 0 Å². The van der Waals surface area contributed by atoms with Crippen molar-refractivity contribution in [3.63, 3.8) is 0 Å². The summed E-state index contributed by atoms with van der Waals surface area (Å²) in [6.45, 7) is 7.46. The summed E-state index contributed by atoms with van der Waals surface area (Å²) < 4.78 is 5.41. The van der Waals surface area contributed by atoms with E-state index in [0.717, 1.165) is 58.0 Å². The molecular weight excluding hydrogens is 238 g/mol. The molecule has 0 radical (unpaired) electrons. The van der Waals surface area contributed by atoms with E-state index in [1.54, 1.807) is 7.11 Å². The quantitative estimate of drug-likeness (QED) is 0.836. The van der Waals surface area contributed by atoms with Gasteiger partial charge in [0.05, 0.1) is 7.11 Å². The zero-order valence-corrected chi connectivity index (χ0v) is 11.8. The number of nitrogens with two attached hydrogens (primary N) is 1. The Morgan fingerprint density at radius 1 is 1.11 bits per heavy atom. The van der Waals surface area contributed by atoms with Crippen LogP contribution in [-0.4, -0.2) is 56.2 Å². The van der Waals surface area contributed by atoms with Crippen molar-refractivity contribution in [3.05, 3.63) is 29.8 Å². The fraction of sp³-hybridized carbons (Fsp3) is 0.600. The molecule has 0 aromatic heterocycles. The first-order valence-corrected chi connectivity index (χ1v) is 7.10. The second-order valence-electron chi connectivity index (χ2n) is 5.07. The number of rotatable bonds is 6. The molecule has 1 heterocycles. The molecule has 1 saturated heterocycles. The highest BCUT2D eigenvalue weighted by atomic mass is 16.5. The Hall–Kier alpha value is -1.10. The molecule has 0 unspecified atom stereocenters. The fourth-order valence-electron chi connectivity index (χ4n) is 2.56. The lowest BCUT2D eigenvalue weighted by Crippen LogP contribution is -2.46. The maximum Gasteiger partial charge on any atom is 0.123 e. The minimum absolute atomic E-state index is 0.793. The van der Waals surface area contributed by atoms with Crippen LogP contribution in [0.1, 0.15) is 12.0 Å². The Labute approximate surface area is 116 Å². The van der Waals surface area contributed by atoms with Crippen LogP contribution in [0.3, 0.4) is 0 Å². The van der Waals surface area contributed by atoms with E-state index in [4.69, 9.17) is 10.5 Å². The molecule has 0 aliphatic carbocycles. The predicted octanol–water partition coefficient (Wildman–Crippen LogP) is 1.16. The number of benzene rings is 1. The van der Waals surface area contributed by atoms with Crippen molar-refractivity contribution in [2.24, 2.45) is 5.73 Å². The van der Waals surface area contributed by atoms with Crippen LogP contribution in [-0.2, 0) is 6.54 Å². The Bertz CT molecular complexity index is 375. The van der Waals surface area contributed by atoms with Crippen molar-refractivity contribution >= 4 is 0 Å². The van der Waals surface area contributed by atoms with Crippen molar-refractivity contribution < 1.29 is 4.74 Å². The molecule has 0 spiro atoms. The Balaban J connectivity index is 1.82. The van der Waals surface area contributed by atoms with Gasteiger partial charge in [0, 0.05) is 38.3 Å². The van der Waals surface area contributed by atoms with Crippen molar-refractivity contribution in [1.82, 2.24) is 9.80 Å². The molecule has 2 N–H and O–H groups in total. The molecule has 19 heavy (non-hydrogen) atoms. The second kappa shape index (κ2) is 7.48. The first-order valence-electron chi connectivity index (χ1n) is 7.10. The molecule has 0 bridgehead atoms. The number of piperazine rings is 1. The molecule has 0 amide bonds. The van der Waals surface area contributed by atoms with Gasteiger partial charge in [0.2, 0.25) is 0 Å². The van der Waals surface area contributed by atoms with Crippen LogP contribution in [0, 0.1) is 0 Å². The van der Waals surface area contributed by atoms with Gasteiger partial charge >= 0.3 is 0 Å². The molecule has 0 saturated carbocycles. The summed E-state index contributed by atoms with van der Waals surface area (Å²) in [6.07, 6.45) is 1.10. The van der Waals surface area contributed by atoms with Crippen molar-refractivity contribution in [2.75, 3.05) is 46.4 Å². The Morgan fingerprint density at radius 2 is 1.79 bits per heavy atom. The molecule has 4 heteroatoms. The lowest BCUT2D eigenvalue weighted by Gasteiger charge is -2.34. The minimum atomic E-state index is 0.793. The van der Waals surface area contributed by atoms with Crippen LogP contribution >= 0.6 is 0 Å². The zero-order valence-electron chi connectivity index (χ0n) is 11.8. The predicted molar refractivity (Wildman–Crippen MR) is 78.4 cm³/mol. The second-order valence-corrected chi connectivity index (χ2v) is 5.07. The molecule has 106 valence electrons. The van der Waals surface area contributed by atoms with E-state index in [9.17, 15) is 0 Å². The van der Waals surface area contributed by atoms with E-state index in [1.807, 2.05) is 12.1 Å². The van der Waals surface area contributed by atoms with Crippen LogP contribution in [0.5, 0.6) is 5.75 Å². The van der Waals surface area contributed by atoms with Crippen molar-refractivity contribution in [3.8, 4) is 5.75 Å². The highest BCUT2D eigenvalue weighted by molar-refractivity contribution is 5.33. The molecule has 4 nitrogen and oxygen atoms in total. The highest BCUT2D eigenvalue weighted by Gasteiger charge is 2.17. The number of hydrogen-bond donors (Lipinski definition) is 1. The van der Waals surface area contributed by atoms with E-state index in [-0.39, 0.29) is 0 Å². The summed E-state index contributed by atoms with van der Waals surface area (Å²) in [7, 11) is 1.74. The highest BCUT2D eigenvalue weighted by Crippen LogP contribution is 2.19. The average molecular weight is 263 g/mol. The lowest BCUT2D eigenvalue weighted by molar-refractivity contribution is 0.126. The van der Waals surface area contributed by atoms with Gasteiger partial charge < -0.3 is 15.4 Å². The van der Waals surface area contributed by atoms with Gasteiger partial charge in [-0.15, -0.1) is 0 Å². The number of methoxy groups -OCH3 is 1. The maximum atomic E-state index is 5.56. The van der Waals surface area contributed by atoms with Crippen molar-refractivity contribution in [2.45, 2.75) is 13.0 Å². The number of nitrogens with zero attached hydrogens (tertiary/aromatic N) is 2. The molecule has 2 rings (SSSR count). The third-order valence-corrected chi connectivity index (χ3v) is 3.73. The fourth-order valence-corrected chi connectivity index (χ4v) is 2.56. The first-order chi connectivity index (χ1) is 9.33. The lowest BCUT2D eigenvalue weighted by atomic mass is 10.1. The number of hydrogen-bond acceptors (Lipinski definition) is 4. The summed E-state index contributed by atoms with van der Waals surface area (Å²) in [5.41, 5.74) is 6.83. The third-order valence-electron chi connectivity index (χ3n) is 3.73. The van der Waals surface area contributed by atoms with Crippen LogP contribution in [0.15, 0.2) is 24.3 Å². The van der Waals surface area contributed by atoms with Crippen LogP contribution < -0.4 is 10.5 Å². The molecule has 0 atom stereocenters. The van der Waals surface area contributed by atoms with E-state index in [0.29, 0.717) is 0 Å². The molecule has 1 aromatic rings. The van der Waals surface area contributed by atoms with E-state index < -0.39 is 0 Å². The van der Waals surface area contributed by atoms with E-state index >= 15 is 0 Å². The van der Waals surface area contributed by atoms with Crippen LogP contribution in [0.25, 0.3) is 0 Å². The topological polar surface area (TPSA) is 41.7 Å². The first kappa shape index (κ1) is 14.3. The normalized spacial score (nSPS) is 17.6. The molecule has 1 fully saturated rings. The molecule has 1 aromatic carbocycles. The SMILES string of the molecule is COc1ccccc1CN1CCN(CCCN)CC1.